The maximum Gasteiger partial charge on any atom is 0.252 e. The summed E-state index contributed by atoms with van der Waals surface area (Å²) < 4.78 is 50.0. The molecule has 0 spiro atoms. The van der Waals surface area contributed by atoms with Crippen molar-refractivity contribution in [2.45, 2.75) is 37.8 Å². The Labute approximate surface area is 118 Å². The molecular weight excluding hydrogens is 286 g/mol. The molecule has 0 aliphatic heterocycles. The summed E-state index contributed by atoms with van der Waals surface area (Å²) in [6.07, 6.45) is -2.70. The highest BCUT2D eigenvalue weighted by Crippen LogP contribution is 2.20. The molecule has 0 fully saturated rings. The van der Waals surface area contributed by atoms with Gasteiger partial charge in [-0.15, -0.1) is 0 Å². The number of nitrogens with one attached hydrogen (secondary N) is 1. The lowest BCUT2D eigenvalue weighted by atomic mass is 10.2. The minimum Gasteiger partial charge on any atom is -0.310 e. The molecule has 0 aliphatic rings. The number of rotatable bonds is 7. The monoisotopic (exact) mass is 306 g/mol. The first-order valence-corrected chi connectivity index (χ1v) is 7.75. The molecule has 0 saturated carbocycles. The molecule has 1 N–H and O–H groups in total. The van der Waals surface area contributed by atoms with Crippen LogP contribution in [0.2, 0.25) is 0 Å². The van der Waals surface area contributed by atoms with Gasteiger partial charge in [-0.3, -0.25) is 0 Å². The van der Waals surface area contributed by atoms with Crippen molar-refractivity contribution in [3.8, 4) is 0 Å². The van der Waals surface area contributed by atoms with Crippen LogP contribution >= 0.6 is 0 Å². The largest absolute Gasteiger partial charge is 0.310 e. The zero-order chi connectivity index (χ0) is 15.3. The quantitative estimate of drug-likeness (QED) is 0.839. The van der Waals surface area contributed by atoms with Gasteiger partial charge in [-0.2, -0.15) is 4.31 Å². The normalized spacial score (nSPS) is 12.6. The number of nitrogens with zero attached hydrogens (tertiary/aromatic N) is 1. The maximum atomic E-state index is 12.4. The lowest BCUT2D eigenvalue weighted by Crippen LogP contribution is -2.32. The van der Waals surface area contributed by atoms with E-state index in [1.807, 2.05) is 13.8 Å². The van der Waals surface area contributed by atoms with E-state index in [9.17, 15) is 17.2 Å². The first kappa shape index (κ1) is 17.0. The van der Waals surface area contributed by atoms with Crippen molar-refractivity contribution < 1.29 is 17.2 Å². The van der Waals surface area contributed by atoms with Gasteiger partial charge in [0.25, 0.3) is 6.43 Å². The van der Waals surface area contributed by atoms with E-state index in [1.165, 1.54) is 6.07 Å². The second kappa shape index (κ2) is 7.10. The van der Waals surface area contributed by atoms with Crippen molar-refractivity contribution in [2.75, 3.05) is 13.6 Å². The summed E-state index contributed by atoms with van der Waals surface area (Å²) in [5.74, 6) is 0. The second-order valence-corrected chi connectivity index (χ2v) is 6.83. The molecule has 0 saturated heterocycles. The van der Waals surface area contributed by atoms with E-state index < -0.39 is 23.0 Å². The molecule has 0 bridgehead atoms. The average molecular weight is 306 g/mol. The first-order chi connectivity index (χ1) is 9.25. The standard InChI is InChI=1S/C13H20F2N2O2S/c1-10(2)16-8-11-6-4-5-7-12(11)20(18,19)17(3)9-13(14)15/h4-7,10,13,16H,8-9H2,1-3H3. The summed E-state index contributed by atoms with van der Waals surface area (Å²) in [6, 6.07) is 6.63. The van der Waals surface area contributed by atoms with Gasteiger partial charge in [-0.25, -0.2) is 17.2 Å². The molecule has 1 rings (SSSR count). The van der Waals surface area contributed by atoms with Crippen LogP contribution in [0.3, 0.4) is 0 Å². The van der Waals surface area contributed by atoms with E-state index in [2.05, 4.69) is 5.32 Å². The van der Waals surface area contributed by atoms with E-state index in [1.54, 1.807) is 18.2 Å². The lowest BCUT2D eigenvalue weighted by molar-refractivity contribution is 0.126. The Hall–Kier alpha value is -1.05. The third-order valence-electron chi connectivity index (χ3n) is 2.76. The third kappa shape index (κ3) is 4.50. The van der Waals surface area contributed by atoms with Gasteiger partial charge in [-0.05, 0) is 11.6 Å². The van der Waals surface area contributed by atoms with E-state index >= 15 is 0 Å². The van der Waals surface area contributed by atoms with Crippen LogP contribution in [0.1, 0.15) is 19.4 Å². The molecule has 0 amide bonds. The van der Waals surface area contributed by atoms with Crippen molar-refractivity contribution in [3.63, 3.8) is 0 Å². The van der Waals surface area contributed by atoms with E-state index in [4.69, 9.17) is 0 Å². The summed E-state index contributed by atoms with van der Waals surface area (Å²) in [5, 5.41) is 3.12. The minimum absolute atomic E-state index is 0.0660. The summed E-state index contributed by atoms with van der Waals surface area (Å²) in [5.41, 5.74) is 0.572. The Balaban J connectivity index is 3.05. The third-order valence-corrected chi connectivity index (χ3v) is 4.68. The van der Waals surface area contributed by atoms with Crippen LogP contribution in [0.15, 0.2) is 29.2 Å². The van der Waals surface area contributed by atoms with Gasteiger partial charge in [0.05, 0.1) is 11.4 Å². The number of alkyl halides is 2. The fourth-order valence-electron chi connectivity index (χ4n) is 1.68. The fraction of sp³-hybridized carbons (Fsp3) is 0.538. The van der Waals surface area contributed by atoms with E-state index in [0.717, 1.165) is 7.05 Å². The zero-order valence-electron chi connectivity index (χ0n) is 11.8. The molecule has 0 aromatic heterocycles. The smallest absolute Gasteiger partial charge is 0.252 e. The van der Waals surface area contributed by atoms with Crippen molar-refractivity contribution in [2.24, 2.45) is 0 Å². The second-order valence-electron chi connectivity index (χ2n) is 4.82. The molecule has 20 heavy (non-hydrogen) atoms. The Kier molecular flexibility index (Phi) is 6.04. The van der Waals surface area contributed by atoms with Gasteiger partial charge < -0.3 is 5.32 Å². The Bertz CT molecular complexity index is 533. The average Bonchev–Trinajstić information content (AvgIpc) is 2.35. The van der Waals surface area contributed by atoms with Crippen LogP contribution in [0, 0.1) is 0 Å². The van der Waals surface area contributed by atoms with Crippen LogP contribution in [0.25, 0.3) is 0 Å². The van der Waals surface area contributed by atoms with Crippen molar-refractivity contribution in [1.29, 1.82) is 0 Å². The molecule has 0 radical (unpaired) electrons. The molecule has 0 atom stereocenters. The molecule has 1 aromatic rings. The molecule has 4 nitrogen and oxygen atoms in total. The van der Waals surface area contributed by atoms with Crippen LogP contribution in [-0.4, -0.2) is 38.8 Å². The summed E-state index contributed by atoms with van der Waals surface area (Å²) >= 11 is 0. The van der Waals surface area contributed by atoms with Crippen molar-refractivity contribution in [3.05, 3.63) is 29.8 Å². The number of sulfonamides is 1. The Morgan fingerprint density at radius 2 is 1.85 bits per heavy atom. The molecule has 0 unspecified atom stereocenters. The Morgan fingerprint density at radius 3 is 2.40 bits per heavy atom. The Morgan fingerprint density at radius 1 is 1.25 bits per heavy atom. The van der Waals surface area contributed by atoms with Gasteiger partial charge in [0.15, 0.2) is 0 Å². The van der Waals surface area contributed by atoms with Gasteiger partial charge in [0, 0.05) is 19.6 Å². The molecule has 114 valence electrons. The van der Waals surface area contributed by atoms with Gasteiger partial charge >= 0.3 is 0 Å². The lowest BCUT2D eigenvalue weighted by Gasteiger charge is -2.19. The predicted octanol–water partition coefficient (Wildman–Crippen LogP) is 2.07. The molecular formula is C13H20F2N2O2S. The first-order valence-electron chi connectivity index (χ1n) is 6.31. The van der Waals surface area contributed by atoms with Gasteiger partial charge in [0.2, 0.25) is 10.0 Å². The van der Waals surface area contributed by atoms with Crippen molar-refractivity contribution in [1.82, 2.24) is 9.62 Å². The number of hydrogen-bond donors (Lipinski definition) is 1. The number of benzene rings is 1. The minimum atomic E-state index is -3.90. The van der Waals surface area contributed by atoms with E-state index in [-0.39, 0.29) is 10.9 Å². The summed E-state index contributed by atoms with van der Waals surface area (Å²) in [6.45, 7) is 3.45. The van der Waals surface area contributed by atoms with Crippen molar-refractivity contribution >= 4 is 10.0 Å². The van der Waals surface area contributed by atoms with E-state index in [0.29, 0.717) is 16.4 Å². The van der Waals surface area contributed by atoms with Crippen LogP contribution in [0.5, 0.6) is 0 Å². The molecule has 0 heterocycles. The molecule has 0 aliphatic carbocycles. The zero-order valence-corrected chi connectivity index (χ0v) is 12.6. The topological polar surface area (TPSA) is 49.4 Å². The highest BCUT2D eigenvalue weighted by molar-refractivity contribution is 7.89. The highest BCUT2D eigenvalue weighted by Gasteiger charge is 2.25. The van der Waals surface area contributed by atoms with Crippen LogP contribution < -0.4 is 5.32 Å². The van der Waals surface area contributed by atoms with Gasteiger partial charge in [-0.1, -0.05) is 32.0 Å². The SMILES string of the molecule is CC(C)NCc1ccccc1S(=O)(=O)N(C)CC(F)F. The maximum absolute atomic E-state index is 12.4. The van der Waals surface area contributed by atoms with Crippen LogP contribution in [-0.2, 0) is 16.6 Å². The molecule has 7 heteroatoms. The number of halogens is 2. The van der Waals surface area contributed by atoms with Crippen LogP contribution in [0.4, 0.5) is 8.78 Å². The van der Waals surface area contributed by atoms with Gasteiger partial charge in [0.1, 0.15) is 0 Å². The summed E-state index contributed by atoms with van der Waals surface area (Å²) in [4.78, 5) is 0.0660. The highest BCUT2D eigenvalue weighted by atomic mass is 32.2. The summed E-state index contributed by atoms with van der Waals surface area (Å²) in [7, 11) is -2.74. The predicted molar refractivity (Wildman–Crippen MR) is 74.2 cm³/mol. The fourth-order valence-corrected chi connectivity index (χ4v) is 3.04. The number of hydrogen-bond acceptors (Lipinski definition) is 3. The molecule has 1 aromatic carbocycles.